The van der Waals surface area contributed by atoms with E-state index in [1.54, 1.807) is 12.4 Å². The average Bonchev–Trinajstić information content (AvgIpc) is 2.91. The first kappa shape index (κ1) is 22.5. The van der Waals surface area contributed by atoms with Crippen LogP contribution in [0, 0.1) is 5.92 Å². The smallest absolute Gasteiger partial charge is 0.275 e. The molecule has 6 heteroatoms. The lowest BCUT2D eigenvalue weighted by Crippen LogP contribution is -2.56. The third-order valence-corrected chi connectivity index (χ3v) is 7.56. The Morgan fingerprint density at radius 3 is 2.44 bits per heavy atom. The summed E-state index contributed by atoms with van der Waals surface area (Å²) >= 11 is 0. The number of rotatable bonds is 5. The Balaban J connectivity index is 1.37. The number of anilines is 2. The summed E-state index contributed by atoms with van der Waals surface area (Å²) in [6, 6.07) is 19.2. The van der Waals surface area contributed by atoms with Crippen molar-refractivity contribution >= 4 is 17.3 Å². The minimum Gasteiger partial charge on any atom is -0.369 e. The van der Waals surface area contributed by atoms with Crippen LogP contribution in [0.15, 0.2) is 73.2 Å². The summed E-state index contributed by atoms with van der Waals surface area (Å²) in [6.45, 7) is 6.52. The van der Waals surface area contributed by atoms with Crippen molar-refractivity contribution < 1.29 is 4.79 Å². The van der Waals surface area contributed by atoms with Gasteiger partial charge < -0.3 is 10.2 Å². The van der Waals surface area contributed by atoms with Gasteiger partial charge in [-0.25, -0.2) is 4.98 Å². The summed E-state index contributed by atoms with van der Waals surface area (Å²) < 4.78 is 0. The molecule has 6 nitrogen and oxygen atoms in total. The Bertz CT molecular complexity index is 1090. The van der Waals surface area contributed by atoms with E-state index >= 15 is 0 Å². The predicted molar refractivity (Wildman–Crippen MR) is 136 cm³/mol. The zero-order valence-corrected chi connectivity index (χ0v) is 19.9. The van der Waals surface area contributed by atoms with E-state index in [0.717, 1.165) is 50.6 Å². The molecule has 1 aliphatic heterocycles. The number of nitrogens with one attached hydrogen (secondary N) is 1. The van der Waals surface area contributed by atoms with Crippen LogP contribution in [0.1, 0.15) is 48.7 Å². The molecule has 34 heavy (non-hydrogen) atoms. The minimum absolute atomic E-state index is 0.0164. The van der Waals surface area contributed by atoms with Crippen LogP contribution >= 0.6 is 0 Å². The Morgan fingerprint density at radius 1 is 0.971 bits per heavy atom. The van der Waals surface area contributed by atoms with E-state index in [-0.39, 0.29) is 11.4 Å². The Hall–Kier alpha value is -3.25. The van der Waals surface area contributed by atoms with E-state index in [1.165, 1.54) is 30.3 Å². The highest BCUT2D eigenvalue weighted by Crippen LogP contribution is 2.45. The molecule has 2 heterocycles. The maximum Gasteiger partial charge on any atom is 0.275 e. The van der Waals surface area contributed by atoms with Crippen molar-refractivity contribution in [2.75, 3.05) is 36.4 Å². The highest BCUT2D eigenvalue weighted by Gasteiger charge is 2.42. The van der Waals surface area contributed by atoms with Gasteiger partial charge in [-0.3, -0.25) is 14.7 Å². The fraction of sp³-hybridized carbons (Fsp3) is 0.393. The number of hydrogen-bond acceptors (Lipinski definition) is 5. The van der Waals surface area contributed by atoms with Crippen LogP contribution in [0.3, 0.4) is 0 Å². The number of nitrogens with zero attached hydrogens (tertiary/aromatic N) is 4. The summed E-state index contributed by atoms with van der Waals surface area (Å²) in [5.74, 6) is 0.534. The second-order valence-corrected chi connectivity index (χ2v) is 9.65. The predicted octanol–water partition coefficient (Wildman–Crippen LogP) is 4.96. The first-order valence-electron chi connectivity index (χ1n) is 12.4. The van der Waals surface area contributed by atoms with Crippen LogP contribution in [-0.2, 0) is 5.54 Å². The van der Waals surface area contributed by atoms with Crippen molar-refractivity contribution in [1.82, 2.24) is 14.9 Å². The van der Waals surface area contributed by atoms with Crippen LogP contribution in [-0.4, -0.2) is 47.0 Å². The summed E-state index contributed by atoms with van der Waals surface area (Å²) in [4.78, 5) is 26.0. The van der Waals surface area contributed by atoms with Crippen LogP contribution in [0.4, 0.5) is 11.4 Å². The molecule has 2 aliphatic rings. The van der Waals surface area contributed by atoms with E-state index in [1.807, 2.05) is 6.07 Å². The lowest BCUT2D eigenvalue weighted by atomic mass is 9.71. The number of hydrogen-bond donors (Lipinski definition) is 1. The van der Waals surface area contributed by atoms with Crippen LogP contribution in [0.2, 0.25) is 0 Å². The van der Waals surface area contributed by atoms with Crippen LogP contribution in [0.25, 0.3) is 0 Å². The van der Waals surface area contributed by atoms with Gasteiger partial charge in [0, 0.05) is 55.5 Å². The Labute approximate surface area is 202 Å². The van der Waals surface area contributed by atoms with E-state index in [4.69, 9.17) is 0 Å². The van der Waals surface area contributed by atoms with Crippen molar-refractivity contribution in [3.8, 4) is 0 Å². The number of para-hydroxylation sites is 1. The summed E-state index contributed by atoms with van der Waals surface area (Å²) in [6.07, 6.45) is 9.38. The highest BCUT2D eigenvalue weighted by molar-refractivity contribution is 6.02. The van der Waals surface area contributed by atoms with Gasteiger partial charge >= 0.3 is 0 Å². The quantitative estimate of drug-likeness (QED) is 0.589. The zero-order valence-electron chi connectivity index (χ0n) is 19.9. The van der Waals surface area contributed by atoms with E-state index in [0.29, 0.717) is 5.69 Å². The molecule has 1 N–H and O–H groups in total. The number of carbonyl (C=O) groups is 1. The average molecular weight is 456 g/mol. The first-order valence-corrected chi connectivity index (χ1v) is 12.4. The van der Waals surface area contributed by atoms with E-state index in [2.05, 4.69) is 80.5 Å². The van der Waals surface area contributed by atoms with E-state index < -0.39 is 0 Å². The number of amides is 1. The van der Waals surface area contributed by atoms with Gasteiger partial charge in [0.15, 0.2) is 0 Å². The first-order chi connectivity index (χ1) is 16.6. The molecule has 0 atom stereocenters. The van der Waals surface area contributed by atoms with Gasteiger partial charge in [0.05, 0.1) is 6.20 Å². The Kier molecular flexibility index (Phi) is 6.59. The number of benzene rings is 2. The minimum atomic E-state index is -0.229. The van der Waals surface area contributed by atoms with Gasteiger partial charge in [-0.15, -0.1) is 0 Å². The second-order valence-electron chi connectivity index (χ2n) is 9.65. The maximum absolute atomic E-state index is 12.7. The summed E-state index contributed by atoms with van der Waals surface area (Å²) in [5.41, 5.74) is 3.77. The van der Waals surface area contributed by atoms with Crippen molar-refractivity contribution in [3.63, 3.8) is 0 Å². The molecule has 0 unspecified atom stereocenters. The fourth-order valence-corrected chi connectivity index (χ4v) is 5.56. The SMILES string of the molecule is C[C@H]1CC[C@](c2cccc(NC(=O)c3cnccn3)c2)(N2CCN(c3ccccc3)CC2)CC1. The molecule has 1 aromatic heterocycles. The molecule has 1 amide bonds. The third kappa shape index (κ3) is 4.68. The Morgan fingerprint density at radius 2 is 1.74 bits per heavy atom. The highest BCUT2D eigenvalue weighted by atomic mass is 16.1. The van der Waals surface area contributed by atoms with E-state index in [9.17, 15) is 4.79 Å². The zero-order chi connectivity index (χ0) is 23.4. The third-order valence-electron chi connectivity index (χ3n) is 7.56. The van der Waals surface area contributed by atoms with Crippen LogP contribution < -0.4 is 10.2 Å². The molecular weight excluding hydrogens is 422 g/mol. The van der Waals surface area contributed by atoms with Crippen LogP contribution in [0.5, 0.6) is 0 Å². The molecule has 5 rings (SSSR count). The topological polar surface area (TPSA) is 61.4 Å². The fourth-order valence-electron chi connectivity index (χ4n) is 5.56. The number of piperazine rings is 1. The van der Waals surface area contributed by atoms with Crippen molar-refractivity contribution in [2.45, 2.75) is 38.1 Å². The van der Waals surface area contributed by atoms with Gasteiger partial charge in [-0.05, 0) is 61.4 Å². The molecule has 0 spiro atoms. The lowest BCUT2D eigenvalue weighted by molar-refractivity contribution is 0.0299. The van der Waals surface area contributed by atoms with Gasteiger partial charge in [0.25, 0.3) is 5.91 Å². The monoisotopic (exact) mass is 455 g/mol. The molecule has 2 fully saturated rings. The van der Waals surface area contributed by atoms with Crippen molar-refractivity contribution in [3.05, 3.63) is 84.4 Å². The van der Waals surface area contributed by atoms with Gasteiger partial charge in [-0.2, -0.15) is 0 Å². The molecule has 3 aromatic rings. The standard InChI is InChI=1S/C28H33N5O/c1-22-10-12-28(13-11-22,33-18-16-32(17-19-33)25-8-3-2-4-9-25)23-6-5-7-24(20-23)31-27(34)26-21-29-14-15-30-26/h2-9,14-15,20-22H,10-13,16-19H2,1H3,(H,31,34)/t22-,28-. The molecular formula is C28H33N5O. The normalized spacial score (nSPS) is 23.4. The largest absolute Gasteiger partial charge is 0.369 e. The van der Waals surface area contributed by atoms with Gasteiger partial charge in [-0.1, -0.05) is 37.3 Å². The number of aromatic nitrogens is 2. The molecule has 0 radical (unpaired) electrons. The molecule has 1 saturated carbocycles. The summed E-state index contributed by atoms with van der Waals surface area (Å²) in [5, 5.41) is 3.03. The van der Waals surface area contributed by atoms with Crippen molar-refractivity contribution in [1.29, 1.82) is 0 Å². The summed E-state index contributed by atoms with van der Waals surface area (Å²) in [7, 11) is 0. The van der Waals surface area contributed by atoms with Gasteiger partial charge in [0.2, 0.25) is 0 Å². The molecule has 2 aromatic carbocycles. The number of carbonyl (C=O) groups excluding carboxylic acids is 1. The van der Waals surface area contributed by atoms with Gasteiger partial charge in [0.1, 0.15) is 5.69 Å². The maximum atomic E-state index is 12.7. The molecule has 176 valence electrons. The lowest BCUT2D eigenvalue weighted by Gasteiger charge is -2.51. The van der Waals surface area contributed by atoms with Crippen molar-refractivity contribution in [2.24, 2.45) is 5.92 Å². The molecule has 0 bridgehead atoms. The molecule has 1 aliphatic carbocycles. The molecule has 1 saturated heterocycles. The second kappa shape index (κ2) is 9.94.